The van der Waals surface area contributed by atoms with Crippen LogP contribution in [0.25, 0.3) is 16.2 Å². The number of fused-ring (bicyclic) bond motifs is 1. The molecule has 0 saturated heterocycles. The summed E-state index contributed by atoms with van der Waals surface area (Å²) < 4.78 is 15.1. The molecule has 168 valence electrons. The van der Waals surface area contributed by atoms with Gasteiger partial charge in [-0.05, 0) is 49.2 Å². The van der Waals surface area contributed by atoms with Crippen molar-refractivity contribution in [1.29, 1.82) is 0 Å². The third kappa shape index (κ3) is 4.66. The molecule has 2 N–H and O–H groups in total. The molecule has 0 atom stereocenters. The van der Waals surface area contributed by atoms with Gasteiger partial charge in [0.1, 0.15) is 5.82 Å². The summed E-state index contributed by atoms with van der Waals surface area (Å²) in [5.41, 5.74) is 3.29. The Hall–Kier alpha value is -3.52. The zero-order valence-electron chi connectivity index (χ0n) is 17.9. The lowest BCUT2D eigenvalue weighted by atomic mass is 10.1. The van der Waals surface area contributed by atoms with Gasteiger partial charge in [0.05, 0.1) is 23.4 Å². The van der Waals surface area contributed by atoms with Crippen molar-refractivity contribution in [2.75, 3.05) is 5.32 Å². The van der Waals surface area contributed by atoms with Crippen LogP contribution in [-0.4, -0.2) is 27.2 Å². The highest BCUT2D eigenvalue weighted by Crippen LogP contribution is 2.25. The summed E-state index contributed by atoms with van der Waals surface area (Å²) >= 11 is 1.44. The van der Waals surface area contributed by atoms with Crippen LogP contribution in [0.3, 0.4) is 0 Å². The fourth-order valence-corrected chi connectivity index (χ4v) is 5.07. The molecule has 2 aromatic carbocycles. The molecule has 1 aliphatic carbocycles. The predicted octanol–water partition coefficient (Wildman–Crippen LogP) is 5.06. The van der Waals surface area contributed by atoms with Crippen LogP contribution < -0.4 is 10.6 Å². The summed E-state index contributed by atoms with van der Waals surface area (Å²) in [6.45, 7) is 0. The molecule has 1 fully saturated rings. The minimum Gasteiger partial charge on any atom is -0.349 e. The van der Waals surface area contributed by atoms with Crippen molar-refractivity contribution in [3.05, 3.63) is 77.2 Å². The van der Waals surface area contributed by atoms with Gasteiger partial charge in [-0.2, -0.15) is 0 Å². The molecule has 4 aromatic rings. The molecule has 0 aliphatic heterocycles. The number of benzene rings is 2. The average molecular weight is 463 g/mol. The van der Waals surface area contributed by atoms with Crippen molar-refractivity contribution in [3.8, 4) is 11.3 Å². The number of hydrogen-bond acceptors (Lipinski definition) is 4. The van der Waals surface area contributed by atoms with Crippen molar-refractivity contribution in [2.24, 2.45) is 0 Å². The number of aromatic nitrogens is 2. The molecule has 2 amide bonds. The fraction of sp³-hybridized carbons (Fsp3) is 0.240. The molecule has 0 radical (unpaired) electrons. The molecule has 2 aromatic heterocycles. The second-order valence-corrected chi connectivity index (χ2v) is 9.07. The van der Waals surface area contributed by atoms with Crippen LogP contribution in [0.15, 0.2) is 60.1 Å². The summed E-state index contributed by atoms with van der Waals surface area (Å²) in [5.74, 6) is -0.670. The van der Waals surface area contributed by atoms with Gasteiger partial charge in [0.15, 0.2) is 4.96 Å². The molecule has 1 aliphatic rings. The standard InChI is InChI=1S/C25H23FN4O2S/c26-17-11-9-16(10-12-17)22-14-30-19(15-33-25(30)29-22)13-23(31)28-21-8-4-3-7-20(21)24(32)27-18-5-1-2-6-18/h3-4,7-12,14-15,18H,1-2,5-6,13H2,(H,27,32)(H,28,31). The number of carbonyl (C=O) groups is 2. The highest BCUT2D eigenvalue weighted by Gasteiger charge is 2.20. The number of amides is 2. The Kier molecular flexibility index (Phi) is 5.92. The SMILES string of the molecule is O=C(Cc1csc2nc(-c3ccc(F)cc3)cn12)Nc1ccccc1C(=O)NC1CCCC1. The number of hydrogen-bond donors (Lipinski definition) is 2. The van der Waals surface area contributed by atoms with Gasteiger partial charge in [0, 0.05) is 28.9 Å². The molecule has 33 heavy (non-hydrogen) atoms. The van der Waals surface area contributed by atoms with Crippen LogP contribution in [0.5, 0.6) is 0 Å². The number of carbonyl (C=O) groups excluding carboxylic acids is 2. The largest absolute Gasteiger partial charge is 0.349 e. The quantitative estimate of drug-likeness (QED) is 0.421. The lowest BCUT2D eigenvalue weighted by molar-refractivity contribution is -0.115. The normalized spacial score (nSPS) is 14.0. The number of nitrogens with one attached hydrogen (secondary N) is 2. The van der Waals surface area contributed by atoms with E-state index >= 15 is 0 Å². The maximum absolute atomic E-state index is 13.2. The molecule has 6 nitrogen and oxygen atoms in total. The molecular weight excluding hydrogens is 439 g/mol. The first-order valence-electron chi connectivity index (χ1n) is 11.0. The van der Waals surface area contributed by atoms with Crippen LogP contribution >= 0.6 is 11.3 Å². The van der Waals surface area contributed by atoms with E-state index in [1.165, 1.54) is 23.5 Å². The summed E-state index contributed by atoms with van der Waals surface area (Å²) in [4.78, 5) is 30.9. The third-order valence-corrected chi connectivity index (χ3v) is 6.79. The summed E-state index contributed by atoms with van der Waals surface area (Å²) in [7, 11) is 0. The van der Waals surface area contributed by atoms with Gasteiger partial charge in [0.2, 0.25) is 5.91 Å². The zero-order chi connectivity index (χ0) is 22.8. The van der Waals surface area contributed by atoms with Crippen LogP contribution in [0.1, 0.15) is 41.7 Å². The van der Waals surface area contributed by atoms with Crippen molar-refractivity contribution in [2.45, 2.75) is 38.1 Å². The number of imidazole rings is 1. The van der Waals surface area contributed by atoms with E-state index in [1.807, 2.05) is 16.0 Å². The first-order valence-corrected chi connectivity index (χ1v) is 11.9. The van der Waals surface area contributed by atoms with E-state index in [9.17, 15) is 14.0 Å². The van der Waals surface area contributed by atoms with Gasteiger partial charge >= 0.3 is 0 Å². The Morgan fingerprint density at radius 2 is 1.85 bits per heavy atom. The Morgan fingerprint density at radius 3 is 2.64 bits per heavy atom. The molecule has 0 spiro atoms. The van der Waals surface area contributed by atoms with Gasteiger partial charge in [-0.25, -0.2) is 9.37 Å². The lowest BCUT2D eigenvalue weighted by Gasteiger charge is -2.15. The Labute approximate surface area is 194 Å². The van der Waals surface area contributed by atoms with Crippen molar-refractivity contribution < 1.29 is 14.0 Å². The van der Waals surface area contributed by atoms with E-state index in [1.54, 1.807) is 36.4 Å². The van der Waals surface area contributed by atoms with Crippen molar-refractivity contribution in [1.82, 2.24) is 14.7 Å². The Morgan fingerprint density at radius 1 is 1.09 bits per heavy atom. The molecule has 1 saturated carbocycles. The van der Waals surface area contributed by atoms with E-state index in [0.29, 0.717) is 11.3 Å². The smallest absolute Gasteiger partial charge is 0.253 e. The Bertz CT molecular complexity index is 1310. The van der Waals surface area contributed by atoms with Crippen LogP contribution in [0, 0.1) is 5.82 Å². The average Bonchev–Trinajstić information content (AvgIpc) is 3.54. The van der Waals surface area contributed by atoms with E-state index in [4.69, 9.17) is 0 Å². The number of para-hydroxylation sites is 1. The second kappa shape index (κ2) is 9.15. The highest BCUT2D eigenvalue weighted by atomic mass is 32.1. The summed E-state index contributed by atoms with van der Waals surface area (Å²) in [6, 6.07) is 13.4. The maximum atomic E-state index is 13.2. The minimum atomic E-state index is -0.297. The van der Waals surface area contributed by atoms with E-state index in [2.05, 4.69) is 15.6 Å². The van der Waals surface area contributed by atoms with Crippen molar-refractivity contribution >= 4 is 33.8 Å². The maximum Gasteiger partial charge on any atom is 0.253 e. The molecule has 5 rings (SSSR count). The number of rotatable bonds is 6. The van der Waals surface area contributed by atoms with Gasteiger partial charge in [0.25, 0.3) is 5.91 Å². The van der Waals surface area contributed by atoms with Crippen molar-refractivity contribution in [3.63, 3.8) is 0 Å². The first-order chi connectivity index (χ1) is 16.1. The van der Waals surface area contributed by atoms with Crippen LogP contribution in [-0.2, 0) is 11.2 Å². The number of halogens is 1. The van der Waals surface area contributed by atoms with E-state index in [0.717, 1.165) is 47.6 Å². The second-order valence-electron chi connectivity index (χ2n) is 8.24. The zero-order valence-corrected chi connectivity index (χ0v) is 18.7. The summed E-state index contributed by atoms with van der Waals surface area (Å²) in [6.07, 6.45) is 6.26. The third-order valence-electron chi connectivity index (χ3n) is 5.90. The monoisotopic (exact) mass is 462 g/mol. The molecule has 0 bridgehead atoms. The number of anilines is 1. The van der Waals surface area contributed by atoms with Gasteiger partial charge in [-0.15, -0.1) is 11.3 Å². The summed E-state index contributed by atoms with van der Waals surface area (Å²) in [5, 5.41) is 7.87. The highest BCUT2D eigenvalue weighted by molar-refractivity contribution is 7.15. The minimum absolute atomic E-state index is 0.137. The first kappa shape index (κ1) is 21.3. The molecular formula is C25H23FN4O2S. The van der Waals surface area contributed by atoms with Crippen LogP contribution in [0.4, 0.5) is 10.1 Å². The van der Waals surface area contributed by atoms with E-state index < -0.39 is 0 Å². The van der Waals surface area contributed by atoms with Gasteiger partial charge in [-0.1, -0.05) is 25.0 Å². The molecule has 8 heteroatoms. The Balaban J connectivity index is 1.30. The number of nitrogens with zero attached hydrogens (tertiary/aromatic N) is 2. The predicted molar refractivity (Wildman–Crippen MR) is 127 cm³/mol. The number of thiazole rings is 1. The van der Waals surface area contributed by atoms with Gasteiger partial charge < -0.3 is 10.6 Å². The van der Waals surface area contributed by atoms with Gasteiger partial charge in [-0.3, -0.25) is 14.0 Å². The fourth-order valence-electron chi connectivity index (χ4n) is 4.20. The molecule has 2 heterocycles. The van der Waals surface area contributed by atoms with E-state index in [-0.39, 0.29) is 30.1 Å². The topological polar surface area (TPSA) is 75.5 Å². The van der Waals surface area contributed by atoms with Crippen LogP contribution in [0.2, 0.25) is 0 Å². The molecule has 0 unspecified atom stereocenters. The lowest BCUT2D eigenvalue weighted by Crippen LogP contribution is -2.33.